The van der Waals surface area contributed by atoms with E-state index < -0.39 is 23.5 Å². The lowest BCUT2D eigenvalue weighted by molar-refractivity contribution is -0.138. The van der Waals surface area contributed by atoms with Crippen LogP contribution in [0.4, 0.5) is 60.5 Å². The molecule has 0 amide bonds. The first-order chi connectivity index (χ1) is 37.6. The summed E-state index contributed by atoms with van der Waals surface area (Å²) in [4.78, 5) is 4.10. The van der Waals surface area contributed by atoms with Crippen molar-refractivity contribution < 1.29 is 26.3 Å². The number of aryl methyl sites for hydroxylation is 4. The molecular formula is C70H50F6N2. The summed E-state index contributed by atoms with van der Waals surface area (Å²) in [6, 6.07) is 72.6. The van der Waals surface area contributed by atoms with Crippen LogP contribution in [0.3, 0.4) is 0 Å². The minimum atomic E-state index is -4.55. The summed E-state index contributed by atoms with van der Waals surface area (Å²) in [7, 11) is 0. The Balaban J connectivity index is 1.12. The molecule has 2 nitrogen and oxygen atoms in total. The van der Waals surface area contributed by atoms with E-state index in [9.17, 15) is 26.3 Å². The van der Waals surface area contributed by atoms with Crippen LogP contribution in [0, 0.1) is 27.7 Å². The van der Waals surface area contributed by atoms with E-state index >= 15 is 0 Å². The maximum Gasteiger partial charge on any atom is 0.416 e. The van der Waals surface area contributed by atoms with Crippen LogP contribution < -0.4 is 9.80 Å². The van der Waals surface area contributed by atoms with Gasteiger partial charge in [-0.1, -0.05) is 133 Å². The monoisotopic (exact) mass is 1030 g/mol. The Morgan fingerprint density at radius 1 is 0.282 bits per heavy atom. The predicted molar refractivity (Wildman–Crippen MR) is 310 cm³/mol. The first kappa shape index (κ1) is 49.7. The van der Waals surface area contributed by atoms with Crippen LogP contribution in [0.25, 0.3) is 76.8 Å². The number of alkyl halides is 6. The summed E-state index contributed by atoms with van der Waals surface area (Å²) < 4.78 is 85.8. The fraction of sp³-hybridized carbons (Fsp3) is 0.0857. The molecule has 0 atom stereocenters. The van der Waals surface area contributed by atoms with Crippen molar-refractivity contribution in [3.05, 3.63) is 264 Å². The van der Waals surface area contributed by atoms with Gasteiger partial charge in [0.25, 0.3) is 0 Å². The molecular weight excluding hydrogens is 983 g/mol. The van der Waals surface area contributed by atoms with E-state index in [0.29, 0.717) is 11.4 Å². The van der Waals surface area contributed by atoms with Crippen molar-refractivity contribution in [3.63, 3.8) is 0 Å². The Hall–Kier alpha value is -9.14. The van der Waals surface area contributed by atoms with E-state index in [0.717, 1.165) is 146 Å². The molecule has 0 spiro atoms. The number of nitrogens with zero attached hydrogens (tertiary/aromatic N) is 2. The van der Waals surface area contributed by atoms with Gasteiger partial charge in [-0.25, -0.2) is 0 Å². The Kier molecular flexibility index (Phi) is 12.4. The molecule has 0 saturated heterocycles. The maximum absolute atomic E-state index is 14.3. The molecule has 0 fully saturated rings. The lowest BCUT2D eigenvalue weighted by Gasteiger charge is -2.30. The molecule has 0 aromatic heterocycles. The van der Waals surface area contributed by atoms with Crippen molar-refractivity contribution in [2.45, 2.75) is 40.0 Å². The maximum atomic E-state index is 14.3. The van der Waals surface area contributed by atoms with Gasteiger partial charge in [-0.05, 0) is 213 Å². The normalized spacial score (nSPS) is 12.0. The van der Waals surface area contributed by atoms with Crippen LogP contribution in [0.5, 0.6) is 0 Å². The predicted octanol–water partition coefficient (Wildman–Crippen LogP) is 21.5. The van der Waals surface area contributed by atoms with Gasteiger partial charge in [0.2, 0.25) is 0 Å². The summed E-state index contributed by atoms with van der Waals surface area (Å²) in [5, 5.41) is 5.44. The van der Waals surface area contributed by atoms with Crippen LogP contribution in [-0.2, 0) is 12.4 Å². The molecule has 0 unspecified atom stereocenters. The van der Waals surface area contributed by atoms with Gasteiger partial charge in [-0.2, -0.15) is 26.3 Å². The van der Waals surface area contributed by atoms with Gasteiger partial charge in [0, 0.05) is 33.5 Å². The van der Waals surface area contributed by atoms with Gasteiger partial charge >= 0.3 is 12.4 Å². The van der Waals surface area contributed by atoms with Crippen molar-refractivity contribution in [2.75, 3.05) is 9.80 Å². The summed E-state index contributed by atoms with van der Waals surface area (Å²) in [6.07, 6.45) is -9.09. The van der Waals surface area contributed by atoms with E-state index in [1.165, 1.54) is 24.3 Å². The van der Waals surface area contributed by atoms with E-state index in [4.69, 9.17) is 0 Å². The zero-order chi connectivity index (χ0) is 54.0. The molecule has 0 saturated carbocycles. The first-order valence-electron chi connectivity index (χ1n) is 25.8. The summed E-state index contributed by atoms with van der Waals surface area (Å²) >= 11 is 0. The van der Waals surface area contributed by atoms with Crippen LogP contribution in [0.1, 0.15) is 33.4 Å². The highest BCUT2D eigenvalue weighted by atomic mass is 19.4. The number of anilines is 6. The second-order valence-corrected chi connectivity index (χ2v) is 20.1. The average molecular weight is 1030 g/mol. The molecule has 382 valence electrons. The topological polar surface area (TPSA) is 6.48 Å². The lowest BCUT2D eigenvalue weighted by Crippen LogP contribution is -2.13. The van der Waals surface area contributed by atoms with Crippen LogP contribution >= 0.6 is 0 Å². The van der Waals surface area contributed by atoms with Gasteiger partial charge in [0.1, 0.15) is 0 Å². The minimum Gasteiger partial charge on any atom is -0.310 e. The molecule has 0 aliphatic heterocycles. The third-order valence-electron chi connectivity index (χ3n) is 15.2. The standard InChI is InChI=1S/C70H50F6N2/c1-43-13-5-9-17-59(43)49-37-50(60-18-10-6-14-44(60)2)40-57(39-49)77(55-29-25-53(26-30-55)69(71,72)73)65-35-23-47-22-34-64-66(36-24-48-21-33-63(65)67(47)68(48)64)78(56-31-27-54(28-32-56)70(74,75)76)58-41-51(61-19-11-7-15-45(61)3)38-52(42-58)62-20-12-8-16-46(62)4/h5-42H,1-4H3. The van der Waals surface area contributed by atoms with Crippen molar-refractivity contribution in [1.29, 1.82) is 0 Å². The van der Waals surface area contributed by atoms with Crippen molar-refractivity contribution in [3.8, 4) is 44.5 Å². The second kappa shape index (κ2) is 19.5. The third-order valence-corrected chi connectivity index (χ3v) is 15.2. The largest absolute Gasteiger partial charge is 0.416 e. The molecule has 0 heterocycles. The van der Waals surface area contributed by atoms with E-state index in [-0.39, 0.29) is 0 Å². The number of halogens is 6. The van der Waals surface area contributed by atoms with Crippen molar-refractivity contribution in [2.24, 2.45) is 0 Å². The molecule has 12 rings (SSSR count). The Morgan fingerprint density at radius 2 is 0.564 bits per heavy atom. The zero-order valence-corrected chi connectivity index (χ0v) is 43.1. The van der Waals surface area contributed by atoms with Crippen LogP contribution in [0.15, 0.2) is 231 Å². The van der Waals surface area contributed by atoms with Crippen molar-refractivity contribution in [1.82, 2.24) is 0 Å². The molecule has 0 bridgehead atoms. The molecule has 78 heavy (non-hydrogen) atoms. The zero-order valence-electron chi connectivity index (χ0n) is 43.1. The summed E-state index contributed by atoms with van der Waals surface area (Å²) in [6.45, 7) is 8.28. The van der Waals surface area contributed by atoms with Crippen molar-refractivity contribution >= 4 is 66.4 Å². The molecule has 0 N–H and O–H groups in total. The number of rotatable bonds is 10. The molecule has 0 radical (unpaired) electrons. The number of hydrogen-bond acceptors (Lipinski definition) is 2. The molecule has 0 aliphatic rings. The van der Waals surface area contributed by atoms with Gasteiger partial charge in [-0.15, -0.1) is 0 Å². The minimum absolute atomic E-state index is 0.530. The highest BCUT2D eigenvalue weighted by Gasteiger charge is 2.32. The highest BCUT2D eigenvalue weighted by Crippen LogP contribution is 2.50. The van der Waals surface area contributed by atoms with Gasteiger partial charge in [-0.3, -0.25) is 0 Å². The summed E-state index contributed by atoms with van der Waals surface area (Å²) in [5.41, 5.74) is 14.7. The third kappa shape index (κ3) is 9.07. The quantitative estimate of drug-likeness (QED) is 0.0995. The van der Waals surface area contributed by atoms with Crippen LogP contribution in [0.2, 0.25) is 0 Å². The number of hydrogen-bond donors (Lipinski definition) is 0. The molecule has 12 aromatic rings. The average Bonchev–Trinajstić information content (AvgIpc) is 3.64. The van der Waals surface area contributed by atoms with E-state index in [2.05, 4.69) is 159 Å². The molecule has 0 aliphatic carbocycles. The smallest absolute Gasteiger partial charge is 0.310 e. The molecule has 12 aromatic carbocycles. The first-order valence-corrected chi connectivity index (χ1v) is 25.8. The summed E-state index contributed by atoms with van der Waals surface area (Å²) in [5.74, 6) is 0. The fourth-order valence-electron chi connectivity index (χ4n) is 11.3. The Bertz CT molecular complexity index is 3830. The van der Waals surface area contributed by atoms with E-state index in [1.54, 1.807) is 0 Å². The van der Waals surface area contributed by atoms with Gasteiger partial charge in [0.15, 0.2) is 0 Å². The van der Waals surface area contributed by atoms with Gasteiger partial charge in [0.05, 0.1) is 22.5 Å². The Morgan fingerprint density at radius 3 is 0.846 bits per heavy atom. The molecule has 8 heteroatoms. The lowest BCUT2D eigenvalue weighted by atomic mass is 9.90. The van der Waals surface area contributed by atoms with Crippen LogP contribution in [-0.4, -0.2) is 0 Å². The van der Waals surface area contributed by atoms with E-state index in [1.807, 2.05) is 60.7 Å². The second-order valence-electron chi connectivity index (χ2n) is 20.1. The Labute approximate surface area is 449 Å². The SMILES string of the molecule is Cc1ccccc1-c1cc(-c2ccccc2C)cc(N(c2ccc(C(F)(F)F)cc2)c2ccc3ccc4c(N(c5ccc(C(F)(F)F)cc5)c5cc(-c6ccccc6C)cc(-c6ccccc6C)c5)ccc5ccc2c3c54)c1. The van der Waals surface area contributed by atoms with Gasteiger partial charge < -0.3 is 9.80 Å². The highest BCUT2D eigenvalue weighted by molar-refractivity contribution is 6.28. The fourth-order valence-corrected chi connectivity index (χ4v) is 11.3. The number of benzene rings is 12.